The molecular formula is C20H24O4. The van der Waals surface area contributed by atoms with E-state index in [0.29, 0.717) is 36.8 Å². The van der Waals surface area contributed by atoms with Crippen LogP contribution in [0.3, 0.4) is 0 Å². The molecule has 3 rings (SSSR count). The molecule has 2 bridgehead atoms. The molecule has 2 aliphatic carbocycles. The van der Waals surface area contributed by atoms with Crippen LogP contribution < -0.4 is 0 Å². The van der Waals surface area contributed by atoms with Crippen molar-refractivity contribution in [3.05, 3.63) is 35.5 Å². The fourth-order valence-electron chi connectivity index (χ4n) is 3.74. The minimum atomic E-state index is -0.337. The van der Waals surface area contributed by atoms with E-state index in [4.69, 9.17) is 4.74 Å². The Kier molecular flexibility index (Phi) is 4.10. The number of rotatable bonds is 1. The molecule has 4 heteroatoms. The van der Waals surface area contributed by atoms with Gasteiger partial charge in [-0.1, -0.05) is 19.1 Å². The second-order valence-electron chi connectivity index (χ2n) is 7.72. The zero-order valence-corrected chi connectivity index (χ0v) is 14.6. The number of allylic oxidation sites excluding steroid dienone is 3. The quantitative estimate of drug-likeness (QED) is 0.547. The van der Waals surface area contributed by atoms with E-state index in [1.807, 2.05) is 19.9 Å². The molecule has 24 heavy (non-hydrogen) atoms. The molecule has 0 amide bonds. The Bertz CT molecular complexity index is 696. The van der Waals surface area contributed by atoms with Crippen molar-refractivity contribution in [2.75, 3.05) is 0 Å². The van der Waals surface area contributed by atoms with Gasteiger partial charge in [-0.05, 0) is 56.8 Å². The van der Waals surface area contributed by atoms with Crippen LogP contribution in [0, 0.1) is 17.3 Å². The number of hydrogen-bond donors (Lipinski definition) is 0. The number of hydrogen-bond acceptors (Lipinski definition) is 4. The largest absolute Gasteiger partial charge is 0.454 e. The van der Waals surface area contributed by atoms with Gasteiger partial charge >= 0.3 is 5.97 Å². The van der Waals surface area contributed by atoms with Gasteiger partial charge in [0.25, 0.3) is 0 Å². The molecule has 128 valence electrons. The number of carbonyl (C=O) groups is 3. The number of carbonyl (C=O) groups excluding carboxylic acids is 3. The van der Waals surface area contributed by atoms with E-state index in [9.17, 15) is 14.4 Å². The highest BCUT2D eigenvalue weighted by Crippen LogP contribution is 2.58. The van der Waals surface area contributed by atoms with Crippen LogP contribution in [-0.2, 0) is 19.1 Å². The van der Waals surface area contributed by atoms with E-state index in [1.54, 1.807) is 6.92 Å². The zero-order chi connectivity index (χ0) is 17.6. The van der Waals surface area contributed by atoms with Crippen molar-refractivity contribution in [1.29, 1.82) is 0 Å². The van der Waals surface area contributed by atoms with Crippen LogP contribution in [0.1, 0.15) is 46.5 Å². The van der Waals surface area contributed by atoms with Crippen molar-refractivity contribution in [3.63, 3.8) is 0 Å². The molecule has 0 saturated heterocycles. The van der Waals surface area contributed by atoms with Gasteiger partial charge < -0.3 is 4.74 Å². The Morgan fingerprint density at radius 2 is 2.04 bits per heavy atom. The third-order valence-electron chi connectivity index (χ3n) is 5.81. The van der Waals surface area contributed by atoms with E-state index >= 15 is 0 Å². The molecule has 0 aromatic carbocycles. The van der Waals surface area contributed by atoms with Crippen molar-refractivity contribution in [1.82, 2.24) is 0 Å². The predicted molar refractivity (Wildman–Crippen MR) is 90.1 cm³/mol. The van der Waals surface area contributed by atoms with Gasteiger partial charge in [0.05, 0.1) is 0 Å². The lowest BCUT2D eigenvalue weighted by atomic mass is 9.88. The van der Waals surface area contributed by atoms with Gasteiger partial charge in [-0.15, -0.1) is 0 Å². The fourth-order valence-corrected chi connectivity index (χ4v) is 3.74. The monoisotopic (exact) mass is 328 g/mol. The maximum atomic E-state index is 12.5. The number of esters is 1. The van der Waals surface area contributed by atoms with E-state index in [2.05, 4.69) is 6.58 Å². The summed E-state index contributed by atoms with van der Waals surface area (Å²) >= 11 is 0. The smallest absolute Gasteiger partial charge is 0.334 e. The van der Waals surface area contributed by atoms with E-state index < -0.39 is 0 Å². The third kappa shape index (κ3) is 2.90. The number of ether oxygens (including phenoxy) is 1. The topological polar surface area (TPSA) is 60.4 Å². The Morgan fingerprint density at radius 3 is 2.71 bits per heavy atom. The second-order valence-corrected chi connectivity index (χ2v) is 7.72. The molecule has 4 nitrogen and oxygen atoms in total. The molecule has 0 N–H and O–H groups in total. The molecule has 0 unspecified atom stereocenters. The van der Waals surface area contributed by atoms with Gasteiger partial charge in [0, 0.05) is 23.3 Å². The van der Waals surface area contributed by atoms with Crippen LogP contribution in [0.5, 0.6) is 0 Å². The van der Waals surface area contributed by atoms with Crippen LogP contribution in [0.4, 0.5) is 0 Å². The van der Waals surface area contributed by atoms with E-state index in [0.717, 1.165) is 5.57 Å². The number of fused-ring (bicyclic) bond motifs is 3. The van der Waals surface area contributed by atoms with Gasteiger partial charge in [0.15, 0.2) is 11.6 Å². The summed E-state index contributed by atoms with van der Waals surface area (Å²) in [6.07, 6.45) is 5.34. The van der Waals surface area contributed by atoms with Crippen molar-refractivity contribution in [3.8, 4) is 0 Å². The lowest BCUT2D eigenvalue weighted by Crippen LogP contribution is -2.23. The van der Waals surface area contributed by atoms with Gasteiger partial charge in [-0.25, -0.2) is 4.79 Å². The first kappa shape index (κ1) is 16.9. The summed E-state index contributed by atoms with van der Waals surface area (Å²) in [5.41, 5.74) is 1.77. The first-order chi connectivity index (χ1) is 11.2. The van der Waals surface area contributed by atoms with Crippen LogP contribution in [0.2, 0.25) is 0 Å². The molecule has 1 saturated carbocycles. The SMILES string of the molecule is C=C(C)[C@@H]1CCC2=C[C@@H](OC2=O)[C@@]2(C)C[C@H]2C(=O)/C=C(/C)C(=O)C1. The minimum absolute atomic E-state index is 0.00887. The molecule has 1 aliphatic heterocycles. The lowest BCUT2D eigenvalue weighted by molar-refractivity contribution is -0.142. The molecule has 0 spiro atoms. The maximum Gasteiger partial charge on any atom is 0.334 e. The van der Waals surface area contributed by atoms with Crippen LogP contribution in [0.15, 0.2) is 35.5 Å². The van der Waals surface area contributed by atoms with Gasteiger partial charge in [-0.3, -0.25) is 9.59 Å². The summed E-state index contributed by atoms with van der Waals surface area (Å²) in [7, 11) is 0. The number of Topliss-reactive ketones (excluding diaryl/α,β-unsaturated/α-hetero) is 1. The van der Waals surface area contributed by atoms with E-state index in [-0.39, 0.29) is 40.9 Å². The lowest BCUT2D eigenvalue weighted by Gasteiger charge is -2.17. The highest BCUT2D eigenvalue weighted by atomic mass is 16.5. The third-order valence-corrected chi connectivity index (χ3v) is 5.81. The van der Waals surface area contributed by atoms with Gasteiger partial charge in [-0.2, -0.15) is 0 Å². The minimum Gasteiger partial charge on any atom is -0.454 e. The fraction of sp³-hybridized carbons (Fsp3) is 0.550. The summed E-state index contributed by atoms with van der Waals surface area (Å²) < 4.78 is 5.52. The Labute approximate surface area is 142 Å². The Balaban J connectivity index is 1.93. The van der Waals surface area contributed by atoms with E-state index in [1.165, 1.54) is 6.08 Å². The Hall–Kier alpha value is -1.97. The second kappa shape index (κ2) is 5.83. The molecule has 4 atom stereocenters. The van der Waals surface area contributed by atoms with Gasteiger partial charge in [0.2, 0.25) is 0 Å². The maximum absolute atomic E-state index is 12.5. The van der Waals surface area contributed by atoms with Crippen LogP contribution in [0.25, 0.3) is 0 Å². The highest BCUT2D eigenvalue weighted by Gasteiger charge is 2.60. The summed E-state index contributed by atoms with van der Waals surface area (Å²) in [4.78, 5) is 37.0. The molecule has 3 aliphatic rings. The highest BCUT2D eigenvalue weighted by molar-refractivity contribution is 6.04. The summed E-state index contributed by atoms with van der Waals surface area (Å²) in [5.74, 6) is -0.497. The molecule has 1 heterocycles. The van der Waals surface area contributed by atoms with Crippen molar-refractivity contribution in [2.24, 2.45) is 17.3 Å². The molecule has 0 radical (unpaired) electrons. The molecule has 0 aromatic rings. The normalized spacial score (nSPS) is 38.6. The molecule has 1 fully saturated rings. The van der Waals surface area contributed by atoms with Crippen molar-refractivity contribution >= 4 is 17.5 Å². The first-order valence-corrected chi connectivity index (χ1v) is 8.55. The Morgan fingerprint density at radius 1 is 1.33 bits per heavy atom. The summed E-state index contributed by atoms with van der Waals surface area (Å²) in [5, 5.41) is 0. The van der Waals surface area contributed by atoms with Gasteiger partial charge in [0.1, 0.15) is 6.10 Å². The van der Waals surface area contributed by atoms with Crippen LogP contribution >= 0.6 is 0 Å². The average molecular weight is 328 g/mol. The van der Waals surface area contributed by atoms with Crippen molar-refractivity contribution < 1.29 is 19.1 Å². The standard InChI is InChI=1S/C20H24O4/c1-11(2)13-5-6-14-9-18(24-19(14)23)20(4)10-15(20)17(22)7-12(3)16(21)8-13/h7,9,13,15,18H,1,5-6,8,10H2,2-4H3/b12-7-/t13-,15+,18-,20+/m1/s1. The summed E-state index contributed by atoms with van der Waals surface area (Å²) in [6, 6.07) is 0. The predicted octanol–water partition coefficient (Wildman–Crippen LogP) is 3.33. The zero-order valence-electron chi connectivity index (χ0n) is 14.6. The molecular weight excluding hydrogens is 304 g/mol. The summed E-state index contributed by atoms with van der Waals surface area (Å²) in [6.45, 7) is 9.57. The number of ketones is 2. The van der Waals surface area contributed by atoms with Crippen LogP contribution in [-0.4, -0.2) is 23.6 Å². The first-order valence-electron chi connectivity index (χ1n) is 8.55. The molecule has 0 aromatic heterocycles. The average Bonchev–Trinajstić information content (AvgIpc) is 3.06. The van der Waals surface area contributed by atoms with Crippen molar-refractivity contribution in [2.45, 2.75) is 52.6 Å².